The van der Waals surface area contributed by atoms with E-state index in [9.17, 15) is 14.7 Å². The second-order valence-electron chi connectivity index (χ2n) is 3.91. The van der Waals surface area contributed by atoms with Crippen molar-refractivity contribution in [1.82, 2.24) is 5.32 Å². The first-order valence-electron chi connectivity index (χ1n) is 5.23. The summed E-state index contributed by atoms with van der Waals surface area (Å²) in [5.74, 6) is -1.80. The summed E-state index contributed by atoms with van der Waals surface area (Å²) in [5, 5.41) is 11.8. The largest absolute Gasteiger partial charge is 0.481 e. The van der Waals surface area contributed by atoms with Crippen LogP contribution >= 0.6 is 0 Å². The predicted molar refractivity (Wildman–Crippen MR) is 61.9 cm³/mol. The van der Waals surface area contributed by atoms with Gasteiger partial charge in [-0.25, -0.2) is 9.79 Å². The molecule has 0 saturated carbocycles. The summed E-state index contributed by atoms with van der Waals surface area (Å²) < 4.78 is 0. The number of aliphatic imine (C=N–C) groups is 1. The summed E-state index contributed by atoms with van der Waals surface area (Å²) in [5.41, 5.74) is 1.10. The Morgan fingerprint density at radius 2 is 2.00 bits per heavy atom. The van der Waals surface area contributed by atoms with E-state index in [-0.39, 0.29) is 0 Å². The van der Waals surface area contributed by atoms with Crippen molar-refractivity contribution >= 4 is 17.7 Å². The number of nitrogens with zero attached hydrogens (tertiary/aromatic N) is 1. The number of benzene rings is 1. The van der Waals surface area contributed by atoms with Crippen LogP contribution in [0.3, 0.4) is 0 Å². The fourth-order valence-corrected chi connectivity index (χ4v) is 1.98. The van der Waals surface area contributed by atoms with E-state index in [1.54, 1.807) is 19.1 Å². The van der Waals surface area contributed by atoms with Crippen molar-refractivity contribution in [2.75, 3.05) is 0 Å². The third-order valence-corrected chi connectivity index (χ3v) is 2.77. The lowest BCUT2D eigenvalue weighted by molar-refractivity contribution is -0.140. The monoisotopic (exact) mass is 232 g/mol. The van der Waals surface area contributed by atoms with Crippen molar-refractivity contribution in [1.29, 1.82) is 0 Å². The van der Waals surface area contributed by atoms with Crippen molar-refractivity contribution in [3.63, 3.8) is 0 Å². The highest BCUT2D eigenvalue weighted by molar-refractivity contribution is 6.07. The van der Waals surface area contributed by atoms with Crippen molar-refractivity contribution in [2.45, 2.75) is 13.0 Å². The molecule has 2 amide bonds. The molecule has 17 heavy (non-hydrogen) atoms. The number of urea groups is 1. The molecule has 0 fully saturated rings. The van der Waals surface area contributed by atoms with Gasteiger partial charge in [-0.1, -0.05) is 30.3 Å². The van der Waals surface area contributed by atoms with E-state index < -0.39 is 24.0 Å². The Bertz CT molecular complexity index is 482. The molecule has 2 atom stereocenters. The number of nitrogens with one attached hydrogen (secondary N) is 1. The first-order chi connectivity index (χ1) is 8.09. The highest BCUT2D eigenvalue weighted by Crippen LogP contribution is 2.26. The van der Waals surface area contributed by atoms with Gasteiger partial charge in [0.05, 0.1) is 6.04 Å². The van der Waals surface area contributed by atoms with Gasteiger partial charge in [-0.2, -0.15) is 0 Å². The summed E-state index contributed by atoms with van der Waals surface area (Å²) in [4.78, 5) is 26.2. The number of carboxylic acids is 1. The van der Waals surface area contributed by atoms with Crippen LogP contribution in [0.5, 0.6) is 0 Å². The molecule has 0 radical (unpaired) electrons. The number of aliphatic carboxylic acids is 1. The van der Waals surface area contributed by atoms with Gasteiger partial charge in [0.25, 0.3) is 0 Å². The van der Waals surface area contributed by atoms with Gasteiger partial charge in [-0.05, 0) is 12.5 Å². The van der Waals surface area contributed by atoms with E-state index in [2.05, 4.69) is 10.3 Å². The number of amides is 2. The highest BCUT2D eigenvalue weighted by atomic mass is 16.4. The standard InChI is InChI=1S/C12H12N2O3/c1-7-9(11(15)16)10(14-12(17)13-7)8-5-3-2-4-6-8/h2-6,9-10H,1H3,(H,14,17)(H,15,16). The third kappa shape index (κ3) is 2.18. The Kier molecular flexibility index (Phi) is 2.91. The maximum absolute atomic E-state index is 11.3. The van der Waals surface area contributed by atoms with E-state index >= 15 is 0 Å². The van der Waals surface area contributed by atoms with Crippen LogP contribution in [0.2, 0.25) is 0 Å². The van der Waals surface area contributed by atoms with Gasteiger partial charge < -0.3 is 10.4 Å². The van der Waals surface area contributed by atoms with Crippen LogP contribution in [0.1, 0.15) is 18.5 Å². The summed E-state index contributed by atoms with van der Waals surface area (Å²) in [6, 6.07) is 7.99. The zero-order valence-electron chi connectivity index (χ0n) is 9.25. The van der Waals surface area contributed by atoms with Gasteiger partial charge in [0.15, 0.2) is 0 Å². The number of rotatable bonds is 2. The van der Waals surface area contributed by atoms with Crippen molar-refractivity contribution in [2.24, 2.45) is 10.9 Å². The lowest BCUT2D eigenvalue weighted by Crippen LogP contribution is -2.43. The van der Waals surface area contributed by atoms with E-state index in [4.69, 9.17) is 0 Å². The molecule has 0 spiro atoms. The molecule has 5 heteroatoms. The van der Waals surface area contributed by atoms with Gasteiger partial charge >= 0.3 is 12.0 Å². The Labute approximate surface area is 98.2 Å². The molecule has 0 saturated heterocycles. The van der Waals surface area contributed by atoms with Gasteiger partial charge in [0, 0.05) is 5.71 Å². The topological polar surface area (TPSA) is 78.8 Å². The first kappa shape index (κ1) is 11.3. The maximum Gasteiger partial charge on any atom is 0.341 e. The van der Waals surface area contributed by atoms with E-state index in [0.717, 1.165) is 5.56 Å². The van der Waals surface area contributed by atoms with Crippen LogP contribution in [0.25, 0.3) is 0 Å². The van der Waals surface area contributed by atoms with Crippen molar-refractivity contribution < 1.29 is 14.7 Å². The van der Waals surface area contributed by atoms with Crippen LogP contribution in [0, 0.1) is 5.92 Å². The Morgan fingerprint density at radius 1 is 1.35 bits per heavy atom. The third-order valence-electron chi connectivity index (χ3n) is 2.77. The van der Waals surface area contributed by atoms with E-state index in [1.807, 2.05) is 18.2 Å². The quantitative estimate of drug-likeness (QED) is 0.813. The van der Waals surface area contributed by atoms with Crippen LogP contribution in [-0.2, 0) is 4.79 Å². The highest BCUT2D eigenvalue weighted by Gasteiger charge is 2.36. The molecule has 2 N–H and O–H groups in total. The van der Waals surface area contributed by atoms with E-state index in [0.29, 0.717) is 5.71 Å². The summed E-state index contributed by atoms with van der Waals surface area (Å²) in [6.07, 6.45) is 0. The van der Waals surface area contributed by atoms with Crippen molar-refractivity contribution in [3.05, 3.63) is 35.9 Å². The average molecular weight is 232 g/mol. The molecule has 1 aliphatic rings. The zero-order valence-corrected chi connectivity index (χ0v) is 9.25. The smallest absolute Gasteiger partial charge is 0.341 e. The molecular formula is C12H12N2O3. The minimum absolute atomic E-state index is 0.329. The van der Waals surface area contributed by atoms with Gasteiger partial charge in [0.2, 0.25) is 0 Å². The summed E-state index contributed by atoms with van der Waals surface area (Å²) in [6.45, 7) is 1.56. The minimum atomic E-state index is -0.986. The Balaban J connectivity index is 2.42. The average Bonchev–Trinajstić information content (AvgIpc) is 2.28. The molecule has 1 aromatic rings. The summed E-state index contributed by atoms with van der Waals surface area (Å²) >= 11 is 0. The molecule has 1 aromatic carbocycles. The van der Waals surface area contributed by atoms with Gasteiger partial charge in [-0.3, -0.25) is 4.79 Å². The second-order valence-corrected chi connectivity index (χ2v) is 3.91. The SMILES string of the molecule is CC1=NC(=O)NC(c2ccccc2)C1C(=O)O. The Hall–Kier alpha value is -2.17. The van der Waals surface area contributed by atoms with E-state index in [1.165, 1.54) is 0 Å². The first-order valence-corrected chi connectivity index (χ1v) is 5.23. The lowest BCUT2D eigenvalue weighted by atomic mass is 9.88. The normalized spacial score (nSPS) is 23.8. The number of carbonyl (C=O) groups is 2. The van der Waals surface area contributed by atoms with Crippen molar-refractivity contribution in [3.8, 4) is 0 Å². The number of hydrogen-bond acceptors (Lipinski definition) is 2. The second kappa shape index (κ2) is 4.37. The molecule has 0 aliphatic carbocycles. The number of hydrogen-bond donors (Lipinski definition) is 2. The molecule has 5 nitrogen and oxygen atoms in total. The zero-order chi connectivity index (χ0) is 12.4. The molecule has 2 rings (SSSR count). The number of carbonyl (C=O) groups excluding carboxylic acids is 1. The van der Waals surface area contributed by atoms with Crippen LogP contribution in [0.4, 0.5) is 4.79 Å². The lowest BCUT2D eigenvalue weighted by Gasteiger charge is -2.28. The van der Waals surface area contributed by atoms with Gasteiger partial charge in [-0.15, -0.1) is 0 Å². The minimum Gasteiger partial charge on any atom is -0.481 e. The Morgan fingerprint density at radius 3 is 2.59 bits per heavy atom. The number of carboxylic acid groups (broad SMARTS) is 1. The molecule has 88 valence electrons. The fraction of sp³-hybridized carbons (Fsp3) is 0.250. The van der Waals surface area contributed by atoms with Crippen LogP contribution in [-0.4, -0.2) is 22.8 Å². The fourth-order valence-electron chi connectivity index (χ4n) is 1.98. The molecule has 2 unspecified atom stereocenters. The van der Waals surface area contributed by atoms with Crippen LogP contribution < -0.4 is 5.32 Å². The predicted octanol–water partition coefficient (Wildman–Crippen LogP) is 1.61. The summed E-state index contributed by atoms with van der Waals surface area (Å²) in [7, 11) is 0. The molecular weight excluding hydrogens is 220 g/mol. The van der Waals surface area contributed by atoms with Gasteiger partial charge in [0.1, 0.15) is 5.92 Å². The molecule has 0 aromatic heterocycles. The maximum atomic E-state index is 11.3. The molecule has 1 aliphatic heterocycles. The van der Waals surface area contributed by atoms with Crippen LogP contribution in [0.15, 0.2) is 35.3 Å². The molecule has 0 bridgehead atoms. The molecule has 1 heterocycles.